The first-order valence-electron chi connectivity index (χ1n) is 6.04. The van der Waals surface area contributed by atoms with Gasteiger partial charge in [-0.05, 0) is 36.1 Å². The van der Waals surface area contributed by atoms with E-state index < -0.39 is 10.0 Å². The smallest absolute Gasteiger partial charge is 0.238 e. The molecule has 0 bridgehead atoms. The maximum atomic E-state index is 11.4. The Morgan fingerprint density at radius 3 is 2.65 bits per heavy atom. The highest BCUT2D eigenvalue weighted by atomic mass is 32.2. The van der Waals surface area contributed by atoms with Crippen LogP contribution in [-0.2, 0) is 16.4 Å². The number of thiophene rings is 1. The summed E-state index contributed by atoms with van der Waals surface area (Å²) in [5.41, 5.74) is 7.12. The van der Waals surface area contributed by atoms with E-state index in [0.29, 0.717) is 11.4 Å². The maximum absolute atomic E-state index is 11.4. The lowest BCUT2D eigenvalue weighted by atomic mass is 10.2. The molecule has 1 aromatic carbocycles. The fourth-order valence-corrected chi connectivity index (χ4v) is 3.12. The standard InChI is InChI=1S/C13H17N3O2S2/c1-16(7-6-10-3-2-8-19-10)13-9-11(20(15,17)18)4-5-12(13)14/h2-5,8-9H,6-7,14H2,1H3,(H2,15,17,18). The lowest BCUT2D eigenvalue weighted by Crippen LogP contribution is -2.22. The lowest BCUT2D eigenvalue weighted by Gasteiger charge is -2.21. The van der Waals surface area contributed by atoms with Crippen LogP contribution in [0.5, 0.6) is 0 Å². The highest BCUT2D eigenvalue weighted by molar-refractivity contribution is 7.89. The Hall–Kier alpha value is -1.57. The maximum Gasteiger partial charge on any atom is 0.238 e. The molecule has 0 aliphatic carbocycles. The highest BCUT2D eigenvalue weighted by Crippen LogP contribution is 2.25. The topological polar surface area (TPSA) is 89.4 Å². The molecule has 20 heavy (non-hydrogen) atoms. The molecule has 2 rings (SSSR count). The Bertz CT molecular complexity index is 682. The van der Waals surface area contributed by atoms with E-state index in [-0.39, 0.29) is 4.90 Å². The van der Waals surface area contributed by atoms with Crippen molar-refractivity contribution < 1.29 is 8.42 Å². The molecule has 0 amide bonds. The molecule has 0 aliphatic rings. The van der Waals surface area contributed by atoms with Crippen LogP contribution in [0.15, 0.2) is 40.6 Å². The van der Waals surface area contributed by atoms with E-state index in [1.54, 1.807) is 17.4 Å². The monoisotopic (exact) mass is 311 g/mol. The minimum atomic E-state index is -3.71. The van der Waals surface area contributed by atoms with E-state index in [1.807, 2.05) is 23.4 Å². The molecular formula is C13H17N3O2S2. The largest absolute Gasteiger partial charge is 0.397 e. The Labute approximate surface area is 122 Å². The lowest BCUT2D eigenvalue weighted by molar-refractivity contribution is 0.598. The average molecular weight is 311 g/mol. The van der Waals surface area contributed by atoms with Crippen molar-refractivity contribution in [2.45, 2.75) is 11.3 Å². The van der Waals surface area contributed by atoms with Gasteiger partial charge in [0, 0.05) is 18.5 Å². The molecule has 5 nitrogen and oxygen atoms in total. The van der Waals surface area contributed by atoms with E-state index in [9.17, 15) is 8.42 Å². The van der Waals surface area contributed by atoms with Crippen molar-refractivity contribution in [3.63, 3.8) is 0 Å². The predicted molar refractivity (Wildman–Crippen MR) is 83.5 cm³/mol. The first-order valence-corrected chi connectivity index (χ1v) is 8.46. The number of benzene rings is 1. The Morgan fingerprint density at radius 2 is 2.05 bits per heavy atom. The van der Waals surface area contributed by atoms with Gasteiger partial charge in [0.1, 0.15) is 0 Å². The number of anilines is 2. The zero-order valence-corrected chi connectivity index (χ0v) is 12.7. The van der Waals surface area contributed by atoms with Gasteiger partial charge in [-0.2, -0.15) is 0 Å². The van der Waals surface area contributed by atoms with Crippen molar-refractivity contribution in [1.29, 1.82) is 0 Å². The molecule has 2 aromatic rings. The third kappa shape index (κ3) is 3.50. The molecule has 0 atom stereocenters. The van der Waals surface area contributed by atoms with Crippen LogP contribution in [0, 0.1) is 0 Å². The summed E-state index contributed by atoms with van der Waals surface area (Å²) in [6.45, 7) is 0.749. The third-order valence-electron chi connectivity index (χ3n) is 3.02. The molecule has 0 radical (unpaired) electrons. The van der Waals surface area contributed by atoms with Crippen molar-refractivity contribution in [2.24, 2.45) is 5.14 Å². The van der Waals surface area contributed by atoms with Crippen LogP contribution in [0.1, 0.15) is 4.88 Å². The Morgan fingerprint density at radius 1 is 1.30 bits per heavy atom. The minimum absolute atomic E-state index is 0.0738. The highest BCUT2D eigenvalue weighted by Gasteiger charge is 2.13. The number of sulfonamides is 1. The van der Waals surface area contributed by atoms with Crippen LogP contribution < -0.4 is 15.8 Å². The second-order valence-corrected chi connectivity index (χ2v) is 7.11. The van der Waals surface area contributed by atoms with Gasteiger partial charge in [-0.15, -0.1) is 11.3 Å². The number of nitrogens with zero attached hydrogens (tertiary/aromatic N) is 1. The second kappa shape index (κ2) is 5.82. The van der Waals surface area contributed by atoms with Crippen molar-refractivity contribution >= 4 is 32.7 Å². The molecule has 0 aliphatic heterocycles. The number of rotatable bonds is 5. The average Bonchev–Trinajstić information content (AvgIpc) is 2.88. The van der Waals surface area contributed by atoms with E-state index in [0.717, 1.165) is 13.0 Å². The molecule has 0 fully saturated rings. The van der Waals surface area contributed by atoms with Gasteiger partial charge in [0.15, 0.2) is 0 Å². The number of hydrogen-bond acceptors (Lipinski definition) is 5. The van der Waals surface area contributed by atoms with Gasteiger partial charge in [0.05, 0.1) is 16.3 Å². The number of likely N-dealkylation sites (N-methyl/N-ethyl adjacent to an activating group) is 1. The summed E-state index contributed by atoms with van der Waals surface area (Å²) >= 11 is 1.70. The summed E-state index contributed by atoms with van der Waals surface area (Å²) in [6.07, 6.45) is 0.882. The first-order chi connectivity index (χ1) is 9.38. The van der Waals surface area contributed by atoms with Gasteiger partial charge in [-0.25, -0.2) is 13.6 Å². The summed E-state index contributed by atoms with van der Waals surface area (Å²) in [7, 11) is -1.83. The fraction of sp³-hybridized carbons (Fsp3) is 0.231. The summed E-state index contributed by atoms with van der Waals surface area (Å²) < 4.78 is 22.8. The van der Waals surface area contributed by atoms with Crippen LogP contribution in [0.3, 0.4) is 0 Å². The van der Waals surface area contributed by atoms with E-state index in [1.165, 1.54) is 17.0 Å². The first kappa shape index (κ1) is 14.8. The van der Waals surface area contributed by atoms with Crippen molar-refractivity contribution in [3.8, 4) is 0 Å². The van der Waals surface area contributed by atoms with Gasteiger partial charge in [0.25, 0.3) is 0 Å². The number of hydrogen-bond donors (Lipinski definition) is 2. The minimum Gasteiger partial charge on any atom is -0.397 e. The third-order valence-corrected chi connectivity index (χ3v) is 4.86. The molecule has 0 saturated heterocycles. The number of nitrogen functional groups attached to an aromatic ring is 1. The summed E-state index contributed by atoms with van der Waals surface area (Å²) in [5, 5.41) is 7.17. The Kier molecular flexibility index (Phi) is 4.32. The number of nitrogens with two attached hydrogens (primary N) is 2. The summed E-state index contributed by atoms with van der Waals surface area (Å²) in [6, 6.07) is 8.58. The van der Waals surface area contributed by atoms with E-state index >= 15 is 0 Å². The predicted octanol–water partition coefficient (Wildman–Crippen LogP) is 1.66. The van der Waals surface area contributed by atoms with Crippen LogP contribution in [0.2, 0.25) is 0 Å². The summed E-state index contributed by atoms with van der Waals surface area (Å²) in [4.78, 5) is 3.28. The van der Waals surface area contributed by atoms with E-state index in [2.05, 4.69) is 6.07 Å². The quantitative estimate of drug-likeness (QED) is 0.822. The van der Waals surface area contributed by atoms with Gasteiger partial charge in [-0.1, -0.05) is 6.07 Å². The van der Waals surface area contributed by atoms with Crippen LogP contribution in [0.25, 0.3) is 0 Å². The molecule has 1 heterocycles. The second-order valence-electron chi connectivity index (χ2n) is 4.52. The molecule has 108 valence electrons. The SMILES string of the molecule is CN(CCc1cccs1)c1cc(S(N)(=O)=O)ccc1N. The zero-order chi connectivity index (χ0) is 14.8. The molecule has 7 heteroatoms. The fourth-order valence-electron chi connectivity index (χ4n) is 1.88. The molecule has 1 aromatic heterocycles. The Balaban J connectivity index is 2.18. The normalized spacial score (nSPS) is 11.5. The number of primary sulfonamides is 1. The molecular weight excluding hydrogens is 294 g/mol. The van der Waals surface area contributed by atoms with Crippen LogP contribution in [0.4, 0.5) is 11.4 Å². The van der Waals surface area contributed by atoms with E-state index in [4.69, 9.17) is 10.9 Å². The van der Waals surface area contributed by atoms with Crippen LogP contribution in [-0.4, -0.2) is 22.0 Å². The van der Waals surface area contributed by atoms with Crippen molar-refractivity contribution in [1.82, 2.24) is 0 Å². The van der Waals surface area contributed by atoms with Gasteiger partial charge in [-0.3, -0.25) is 0 Å². The van der Waals surface area contributed by atoms with Crippen molar-refractivity contribution in [2.75, 3.05) is 24.2 Å². The van der Waals surface area contributed by atoms with Gasteiger partial charge < -0.3 is 10.6 Å². The van der Waals surface area contributed by atoms with Gasteiger partial charge >= 0.3 is 0 Å². The molecule has 0 unspecified atom stereocenters. The zero-order valence-electron chi connectivity index (χ0n) is 11.1. The van der Waals surface area contributed by atoms with Crippen molar-refractivity contribution in [3.05, 3.63) is 40.6 Å². The summed E-state index contributed by atoms with van der Waals surface area (Å²) in [5.74, 6) is 0. The van der Waals surface area contributed by atoms with Gasteiger partial charge in [0.2, 0.25) is 10.0 Å². The molecule has 0 spiro atoms. The van der Waals surface area contributed by atoms with Crippen LogP contribution >= 0.6 is 11.3 Å². The molecule has 0 saturated carbocycles. The molecule has 4 N–H and O–H groups in total.